The Balaban J connectivity index is 1.72. The number of carbonyl (C=O) groups excluding carboxylic acids is 2. The zero-order chi connectivity index (χ0) is 30.3. The first-order chi connectivity index (χ1) is 20.1. The summed E-state index contributed by atoms with van der Waals surface area (Å²) >= 11 is 12.5. The Hall–Kier alpha value is -3.14. The predicted molar refractivity (Wildman–Crippen MR) is 163 cm³/mol. The summed E-state index contributed by atoms with van der Waals surface area (Å²) in [5.41, 5.74) is 0.662. The van der Waals surface area contributed by atoms with Crippen molar-refractivity contribution in [3.05, 3.63) is 94.2 Å². The molecule has 0 radical (unpaired) electrons. The van der Waals surface area contributed by atoms with Gasteiger partial charge in [-0.05, 0) is 67.3 Å². The minimum atomic E-state index is -4.26. The van der Waals surface area contributed by atoms with Crippen molar-refractivity contribution in [2.75, 3.05) is 10.8 Å². The highest BCUT2D eigenvalue weighted by Crippen LogP contribution is 2.33. The monoisotopic (exact) mass is 633 g/mol. The third-order valence-electron chi connectivity index (χ3n) is 7.39. The number of hydrogen-bond acceptors (Lipinski definition) is 4. The van der Waals surface area contributed by atoms with Crippen LogP contribution in [0.4, 0.5) is 10.1 Å². The number of anilines is 1. The molecule has 0 heterocycles. The molecular weight excluding hydrogens is 600 g/mol. The van der Waals surface area contributed by atoms with Crippen LogP contribution in [0, 0.1) is 5.82 Å². The third-order valence-corrected chi connectivity index (χ3v) is 9.70. The van der Waals surface area contributed by atoms with Crippen LogP contribution in [0.15, 0.2) is 77.7 Å². The molecule has 0 spiro atoms. The van der Waals surface area contributed by atoms with E-state index in [9.17, 15) is 22.4 Å². The number of nitrogens with one attached hydrogen (secondary N) is 1. The molecule has 1 atom stereocenters. The molecule has 42 heavy (non-hydrogen) atoms. The molecule has 3 aromatic rings. The standard InChI is InChI=1S/C31H34Cl2FN3O4S/c1-2-28(31(39)35-25-9-5-3-6-10-25)36(20-22-13-16-24(34)17-14-22)30(38)21-37(29-18-15-23(32)19-27(29)33)42(40,41)26-11-7-4-8-12-26/h4,7-8,11-19,25,28H,2-3,5-6,9-10,20-21H2,1H3,(H,35,39)/t28-/m0/s1. The van der Waals surface area contributed by atoms with E-state index in [0.29, 0.717) is 17.0 Å². The molecule has 1 aliphatic rings. The number of benzene rings is 3. The SMILES string of the molecule is CC[C@@H](C(=O)NC1CCCCC1)N(Cc1ccc(F)cc1)C(=O)CN(c1ccc(Cl)cc1Cl)S(=O)(=O)c1ccccc1. The Morgan fingerprint density at radius 1 is 0.976 bits per heavy atom. The van der Waals surface area contributed by atoms with Crippen molar-refractivity contribution < 1.29 is 22.4 Å². The van der Waals surface area contributed by atoms with Gasteiger partial charge in [-0.25, -0.2) is 12.8 Å². The van der Waals surface area contributed by atoms with Crippen molar-refractivity contribution in [1.29, 1.82) is 0 Å². The minimum absolute atomic E-state index is 0.0194. The quantitative estimate of drug-likeness (QED) is 0.258. The molecule has 0 bridgehead atoms. The van der Waals surface area contributed by atoms with Crippen LogP contribution in [-0.2, 0) is 26.2 Å². The van der Waals surface area contributed by atoms with Gasteiger partial charge in [-0.1, -0.05) is 79.7 Å². The smallest absolute Gasteiger partial charge is 0.264 e. The van der Waals surface area contributed by atoms with Gasteiger partial charge in [0.25, 0.3) is 10.0 Å². The third kappa shape index (κ3) is 7.82. The van der Waals surface area contributed by atoms with E-state index in [2.05, 4.69) is 5.32 Å². The van der Waals surface area contributed by atoms with Crippen LogP contribution in [0.1, 0.15) is 51.0 Å². The number of rotatable bonds is 11. The highest BCUT2D eigenvalue weighted by molar-refractivity contribution is 7.92. The summed E-state index contributed by atoms with van der Waals surface area (Å²) in [6, 6.07) is 16.8. The van der Waals surface area contributed by atoms with Crippen LogP contribution in [0.25, 0.3) is 0 Å². The second-order valence-electron chi connectivity index (χ2n) is 10.3. The molecule has 0 aromatic heterocycles. The number of halogens is 3. The highest BCUT2D eigenvalue weighted by Gasteiger charge is 2.35. The maximum Gasteiger partial charge on any atom is 0.264 e. The zero-order valence-corrected chi connectivity index (χ0v) is 25.6. The van der Waals surface area contributed by atoms with E-state index in [-0.39, 0.29) is 34.1 Å². The van der Waals surface area contributed by atoms with E-state index < -0.39 is 34.3 Å². The normalized spacial score (nSPS) is 14.7. The van der Waals surface area contributed by atoms with Gasteiger partial charge in [-0.3, -0.25) is 13.9 Å². The Kier molecular flexibility index (Phi) is 10.9. The summed E-state index contributed by atoms with van der Waals surface area (Å²) in [5.74, 6) is -1.35. The van der Waals surface area contributed by atoms with E-state index in [1.807, 2.05) is 0 Å². The summed E-state index contributed by atoms with van der Waals surface area (Å²) in [7, 11) is -4.26. The van der Waals surface area contributed by atoms with E-state index >= 15 is 0 Å². The summed E-state index contributed by atoms with van der Waals surface area (Å²) < 4.78 is 42.4. The summed E-state index contributed by atoms with van der Waals surface area (Å²) in [6.45, 7) is 1.14. The van der Waals surface area contributed by atoms with E-state index in [0.717, 1.165) is 36.4 Å². The Morgan fingerprint density at radius 3 is 2.26 bits per heavy atom. The number of carbonyl (C=O) groups is 2. The van der Waals surface area contributed by atoms with E-state index in [4.69, 9.17) is 23.2 Å². The molecule has 0 unspecified atom stereocenters. The molecule has 3 aromatic carbocycles. The lowest BCUT2D eigenvalue weighted by atomic mass is 9.95. The number of amides is 2. The zero-order valence-electron chi connectivity index (χ0n) is 23.3. The molecule has 2 amide bonds. The molecule has 7 nitrogen and oxygen atoms in total. The van der Waals surface area contributed by atoms with Gasteiger partial charge in [0.05, 0.1) is 15.6 Å². The van der Waals surface area contributed by atoms with Gasteiger partial charge in [0, 0.05) is 17.6 Å². The maximum absolute atomic E-state index is 14.1. The second-order valence-corrected chi connectivity index (χ2v) is 13.0. The lowest BCUT2D eigenvalue weighted by molar-refractivity contribution is -0.140. The predicted octanol–water partition coefficient (Wildman–Crippen LogP) is 6.58. The Labute approximate surface area is 256 Å². The maximum atomic E-state index is 14.1. The molecule has 1 aliphatic carbocycles. The van der Waals surface area contributed by atoms with E-state index in [1.165, 1.54) is 59.5 Å². The van der Waals surface area contributed by atoms with Crippen LogP contribution in [0.2, 0.25) is 10.0 Å². The lowest BCUT2D eigenvalue weighted by Gasteiger charge is -2.34. The van der Waals surface area contributed by atoms with Gasteiger partial charge in [0.2, 0.25) is 11.8 Å². The Morgan fingerprint density at radius 2 is 1.64 bits per heavy atom. The van der Waals surface area contributed by atoms with Gasteiger partial charge in [0.1, 0.15) is 18.4 Å². The average Bonchev–Trinajstić information content (AvgIpc) is 2.98. The summed E-state index contributed by atoms with van der Waals surface area (Å²) in [4.78, 5) is 29.0. The second kappa shape index (κ2) is 14.4. The number of hydrogen-bond donors (Lipinski definition) is 1. The van der Waals surface area contributed by atoms with Crippen molar-refractivity contribution in [2.45, 2.75) is 69.0 Å². The average molecular weight is 635 g/mol. The fourth-order valence-electron chi connectivity index (χ4n) is 5.17. The van der Waals surface area contributed by atoms with Crippen molar-refractivity contribution in [2.24, 2.45) is 0 Å². The highest BCUT2D eigenvalue weighted by atomic mass is 35.5. The molecule has 1 fully saturated rings. The van der Waals surface area contributed by atoms with Crippen LogP contribution < -0.4 is 9.62 Å². The van der Waals surface area contributed by atoms with Crippen LogP contribution in [0.5, 0.6) is 0 Å². The van der Waals surface area contributed by atoms with Gasteiger partial charge in [-0.2, -0.15) is 0 Å². The fourth-order valence-corrected chi connectivity index (χ4v) is 7.18. The minimum Gasteiger partial charge on any atom is -0.352 e. The van der Waals surface area contributed by atoms with Crippen molar-refractivity contribution in [1.82, 2.24) is 10.2 Å². The molecule has 0 aliphatic heterocycles. The molecule has 1 saturated carbocycles. The van der Waals surface area contributed by atoms with Crippen molar-refractivity contribution in [3.8, 4) is 0 Å². The van der Waals surface area contributed by atoms with Crippen molar-refractivity contribution >= 4 is 50.7 Å². The molecule has 224 valence electrons. The topological polar surface area (TPSA) is 86.8 Å². The van der Waals surface area contributed by atoms with Gasteiger partial charge in [0.15, 0.2) is 0 Å². The molecule has 11 heteroatoms. The lowest BCUT2D eigenvalue weighted by Crippen LogP contribution is -2.54. The van der Waals surface area contributed by atoms with Crippen molar-refractivity contribution in [3.63, 3.8) is 0 Å². The van der Waals surface area contributed by atoms with Gasteiger partial charge >= 0.3 is 0 Å². The first-order valence-electron chi connectivity index (χ1n) is 14.0. The Bertz CT molecular complexity index is 1480. The summed E-state index contributed by atoms with van der Waals surface area (Å²) in [6.07, 6.45) is 5.19. The molecule has 4 rings (SSSR count). The fraction of sp³-hybridized carbons (Fsp3) is 0.355. The molecule has 1 N–H and O–H groups in total. The van der Waals surface area contributed by atoms with Gasteiger partial charge < -0.3 is 10.2 Å². The van der Waals surface area contributed by atoms with Crippen LogP contribution in [0.3, 0.4) is 0 Å². The largest absolute Gasteiger partial charge is 0.352 e. The number of sulfonamides is 1. The van der Waals surface area contributed by atoms with E-state index in [1.54, 1.807) is 25.1 Å². The first-order valence-corrected chi connectivity index (χ1v) is 16.2. The first kappa shape index (κ1) is 31.8. The molecule has 0 saturated heterocycles. The van der Waals surface area contributed by atoms with Gasteiger partial charge in [-0.15, -0.1) is 0 Å². The number of nitrogens with zero attached hydrogens (tertiary/aromatic N) is 2. The van der Waals surface area contributed by atoms with Crippen LogP contribution in [-0.4, -0.2) is 43.8 Å². The summed E-state index contributed by atoms with van der Waals surface area (Å²) in [5, 5.41) is 3.44. The van der Waals surface area contributed by atoms with Crippen LogP contribution >= 0.6 is 23.2 Å². The molecular formula is C31H34Cl2FN3O4S.